The lowest BCUT2D eigenvalue weighted by atomic mass is 10.1. The summed E-state index contributed by atoms with van der Waals surface area (Å²) in [5.74, 6) is 2.33. The van der Waals surface area contributed by atoms with E-state index in [9.17, 15) is 0 Å². The summed E-state index contributed by atoms with van der Waals surface area (Å²) in [5.41, 5.74) is 3.36. The molecule has 0 spiro atoms. The van der Waals surface area contributed by atoms with Gasteiger partial charge in [0.15, 0.2) is 11.6 Å². The van der Waals surface area contributed by atoms with Crippen molar-refractivity contribution in [1.82, 2.24) is 20.1 Å². The molecular formula is C20H23ClN4O. The molecule has 1 N–H and O–H groups in total. The minimum Gasteiger partial charge on any atom is -0.497 e. The molecule has 1 aliphatic rings. The molecule has 0 amide bonds. The molecule has 2 heterocycles. The van der Waals surface area contributed by atoms with Crippen LogP contribution in [-0.2, 0) is 6.54 Å². The number of likely N-dealkylation sites (tertiary alicyclic amines) is 1. The fraction of sp³-hybridized carbons (Fsp3) is 0.300. The molecule has 0 aliphatic carbocycles. The summed E-state index contributed by atoms with van der Waals surface area (Å²) >= 11 is 0. The molecule has 0 bridgehead atoms. The van der Waals surface area contributed by atoms with Gasteiger partial charge in [0, 0.05) is 17.7 Å². The van der Waals surface area contributed by atoms with Crippen molar-refractivity contribution in [2.24, 2.45) is 0 Å². The first kappa shape index (κ1) is 18.4. The minimum absolute atomic E-state index is 0. The number of rotatable bonds is 5. The van der Waals surface area contributed by atoms with Crippen LogP contribution in [0.3, 0.4) is 0 Å². The number of hydrogen-bond acceptors (Lipinski definition) is 4. The van der Waals surface area contributed by atoms with Crippen LogP contribution in [0.15, 0.2) is 48.5 Å². The van der Waals surface area contributed by atoms with Crippen molar-refractivity contribution in [3.05, 3.63) is 54.1 Å². The van der Waals surface area contributed by atoms with E-state index in [1.165, 1.54) is 31.5 Å². The predicted molar refractivity (Wildman–Crippen MR) is 106 cm³/mol. The lowest BCUT2D eigenvalue weighted by Gasteiger charge is -2.14. The maximum absolute atomic E-state index is 5.20. The van der Waals surface area contributed by atoms with E-state index in [2.05, 4.69) is 44.3 Å². The highest BCUT2D eigenvalue weighted by Gasteiger charge is 2.13. The maximum atomic E-state index is 5.20. The van der Waals surface area contributed by atoms with E-state index >= 15 is 0 Å². The number of nitrogens with zero attached hydrogens (tertiary/aromatic N) is 3. The van der Waals surface area contributed by atoms with Gasteiger partial charge in [-0.15, -0.1) is 12.4 Å². The summed E-state index contributed by atoms with van der Waals surface area (Å²) in [6, 6.07) is 16.3. The Morgan fingerprint density at radius 3 is 2.54 bits per heavy atom. The molecular weight excluding hydrogens is 348 g/mol. The number of halogens is 1. The van der Waals surface area contributed by atoms with Gasteiger partial charge in [-0.3, -0.25) is 10.00 Å². The Bertz CT molecular complexity index is 841. The largest absolute Gasteiger partial charge is 0.497 e. The van der Waals surface area contributed by atoms with Gasteiger partial charge in [0.1, 0.15) is 5.75 Å². The first-order chi connectivity index (χ1) is 12.3. The van der Waals surface area contributed by atoms with E-state index in [1.54, 1.807) is 7.11 Å². The topological polar surface area (TPSA) is 54.0 Å². The summed E-state index contributed by atoms with van der Waals surface area (Å²) in [5, 5.41) is 7.44. The summed E-state index contributed by atoms with van der Waals surface area (Å²) in [7, 11) is 1.66. The third kappa shape index (κ3) is 4.06. The van der Waals surface area contributed by atoms with Crippen molar-refractivity contribution < 1.29 is 4.74 Å². The number of H-pyrrole nitrogens is 1. The van der Waals surface area contributed by atoms with Crippen LogP contribution in [0.2, 0.25) is 0 Å². The highest BCUT2D eigenvalue weighted by Crippen LogP contribution is 2.23. The molecule has 1 aliphatic heterocycles. The molecule has 5 nitrogen and oxygen atoms in total. The zero-order valence-corrected chi connectivity index (χ0v) is 15.6. The fourth-order valence-electron chi connectivity index (χ4n) is 3.28. The number of aromatic amines is 1. The van der Waals surface area contributed by atoms with Crippen LogP contribution in [0.1, 0.15) is 18.4 Å². The van der Waals surface area contributed by atoms with E-state index in [4.69, 9.17) is 4.74 Å². The summed E-state index contributed by atoms with van der Waals surface area (Å²) in [6.45, 7) is 3.41. The Kier molecular flexibility index (Phi) is 5.91. The van der Waals surface area contributed by atoms with Gasteiger partial charge in [-0.2, -0.15) is 5.10 Å². The van der Waals surface area contributed by atoms with Crippen molar-refractivity contribution >= 4 is 12.4 Å². The van der Waals surface area contributed by atoms with Gasteiger partial charge in [-0.25, -0.2) is 4.98 Å². The number of benzene rings is 2. The van der Waals surface area contributed by atoms with E-state index in [0.717, 1.165) is 35.1 Å². The van der Waals surface area contributed by atoms with E-state index in [0.29, 0.717) is 0 Å². The second kappa shape index (κ2) is 8.34. The molecule has 0 saturated carbocycles. The predicted octanol–water partition coefficient (Wildman–Crippen LogP) is 4.16. The SMILES string of the molecule is COc1ccc(-c2nc(-c3cccc(CN4CCCC4)c3)n[nH]2)cc1.Cl. The van der Waals surface area contributed by atoms with Gasteiger partial charge >= 0.3 is 0 Å². The Morgan fingerprint density at radius 1 is 1.04 bits per heavy atom. The molecule has 136 valence electrons. The standard InChI is InChI=1S/C20H22N4O.ClH/c1-25-18-9-7-16(8-10-18)19-21-20(23-22-19)17-6-4-5-15(13-17)14-24-11-2-3-12-24;/h4-10,13H,2-3,11-12,14H2,1H3,(H,21,22,23);1H. The van der Waals surface area contributed by atoms with Crippen LogP contribution >= 0.6 is 12.4 Å². The average Bonchev–Trinajstić information content (AvgIpc) is 3.34. The Labute approximate surface area is 159 Å². The number of hydrogen-bond donors (Lipinski definition) is 1. The highest BCUT2D eigenvalue weighted by molar-refractivity contribution is 5.85. The minimum atomic E-state index is 0. The third-order valence-electron chi connectivity index (χ3n) is 4.64. The molecule has 0 radical (unpaired) electrons. The molecule has 4 rings (SSSR count). The van der Waals surface area contributed by atoms with Gasteiger partial charge in [0.25, 0.3) is 0 Å². The molecule has 3 aromatic rings. The van der Waals surface area contributed by atoms with Crippen LogP contribution in [0.4, 0.5) is 0 Å². The van der Waals surface area contributed by atoms with E-state index in [1.807, 2.05) is 24.3 Å². The monoisotopic (exact) mass is 370 g/mol. The lowest BCUT2D eigenvalue weighted by Crippen LogP contribution is -2.18. The number of nitrogens with one attached hydrogen (secondary N) is 1. The summed E-state index contributed by atoms with van der Waals surface area (Å²) < 4.78 is 5.20. The molecule has 6 heteroatoms. The van der Waals surface area contributed by atoms with Gasteiger partial charge < -0.3 is 4.74 Å². The smallest absolute Gasteiger partial charge is 0.181 e. The Balaban J connectivity index is 0.00000196. The first-order valence-electron chi connectivity index (χ1n) is 8.70. The van der Waals surface area contributed by atoms with E-state index in [-0.39, 0.29) is 12.4 Å². The number of ether oxygens (including phenoxy) is 1. The van der Waals surface area contributed by atoms with Crippen LogP contribution in [0.25, 0.3) is 22.8 Å². The second-order valence-electron chi connectivity index (χ2n) is 6.42. The zero-order chi connectivity index (χ0) is 17.1. The number of methoxy groups -OCH3 is 1. The molecule has 0 atom stereocenters. The van der Waals surface area contributed by atoms with Crippen LogP contribution < -0.4 is 4.74 Å². The van der Waals surface area contributed by atoms with Crippen molar-refractivity contribution in [2.75, 3.05) is 20.2 Å². The van der Waals surface area contributed by atoms with Crippen molar-refractivity contribution in [3.63, 3.8) is 0 Å². The van der Waals surface area contributed by atoms with Crippen LogP contribution in [0, 0.1) is 0 Å². The van der Waals surface area contributed by atoms with E-state index < -0.39 is 0 Å². The van der Waals surface area contributed by atoms with Crippen molar-refractivity contribution in [1.29, 1.82) is 0 Å². The number of aromatic nitrogens is 3. The molecule has 1 fully saturated rings. The molecule has 1 aromatic heterocycles. The second-order valence-corrected chi connectivity index (χ2v) is 6.42. The van der Waals surface area contributed by atoms with Gasteiger partial charge in [-0.05, 0) is 61.8 Å². The first-order valence-corrected chi connectivity index (χ1v) is 8.70. The molecule has 0 unspecified atom stereocenters. The normalized spacial score (nSPS) is 14.2. The van der Waals surface area contributed by atoms with Crippen LogP contribution in [-0.4, -0.2) is 40.3 Å². The summed E-state index contributed by atoms with van der Waals surface area (Å²) in [6.07, 6.45) is 2.62. The Morgan fingerprint density at radius 2 is 1.81 bits per heavy atom. The third-order valence-corrected chi connectivity index (χ3v) is 4.64. The lowest BCUT2D eigenvalue weighted by molar-refractivity contribution is 0.331. The quantitative estimate of drug-likeness (QED) is 0.732. The van der Waals surface area contributed by atoms with Gasteiger partial charge in [0.05, 0.1) is 7.11 Å². The highest BCUT2D eigenvalue weighted by atomic mass is 35.5. The average molecular weight is 371 g/mol. The molecule has 1 saturated heterocycles. The Hall–Kier alpha value is -2.37. The summed E-state index contributed by atoms with van der Waals surface area (Å²) in [4.78, 5) is 7.16. The van der Waals surface area contributed by atoms with Crippen molar-refractivity contribution in [2.45, 2.75) is 19.4 Å². The van der Waals surface area contributed by atoms with Gasteiger partial charge in [-0.1, -0.05) is 18.2 Å². The molecule has 2 aromatic carbocycles. The van der Waals surface area contributed by atoms with Crippen molar-refractivity contribution in [3.8, 4) is 28.5 Å². The van der Waals surface area contributed by atoms with Gasteiger partial charge in [0.2, 0.25) is 0 Å². The maximum Gasteiger partial charge on any atom is 0.181 e. The molecule has 26 heavy (non-hydrogen) atoms. The van der Waals surface area contributed by atoms with Crippen LogP contribution in [0.5, 0.6) is 5.75 Å². The zero-order valence-electron chi connectivity index (χ0n) is 14.8. The fourth-order valence-corrected chi connectivity index (χ4v) is 3.28.